The SMILES string of the molecule is CC(=O)NC(C(=O)NCCCNc1ccccc1)C1CCCC1. The molecule has 3 N–H and O–H groups in total. The largest absolute Gasteiger partial charge is 0.385 e. The van der Waals surface area contributed by atoms with E-state index in [2.05, 4.69) is 16.0 Å². The maximum absolute atomic E-state index is 12.4. The third kappa shape index (κ3) is 5.93. The summed E-state index contributed by atoms with van der Waals surface area (Å²) in [6.07, 6.45) is 5.18. The Morgan fingerprint density at radius 1 is 1.13 bits per heavy atom. The fourth-order valence-corrected chi connectivity index (χ4v) is 3.11. The molecule has 1 aromatic carbocycles. The van der Waals surface area contributed by atoms with Crippen LogP contribution in [0.3, 0.4) is 0 Å². The van der Waals surface area contributed by atoms with Gasteiger partial charge in [-0.1, -0.05) is 31.0 Å². The number of nitrogens with one attached hydrogen (secondary N) is 3. The highest BCUT2D eigenvalue weighted by molar-refractivity contribution is 5.87. The van der Waals surface area contributed by atoms with E-state index >= 15 is 0 Å². The summed E-state index contributed by atoms with van der Waals surface area (Å²) in [5.74, 6) is 0.0935. The third-order valence-corrected chi connectivity index (χ3v) is 4.27. The van der Waals surface area contributed by atoms with Crippen molar-refractivity contribution in [3.63, 3.8) is 0 Å². The molecule has 1 aliphatic rings. The molecule has 0 heterocycles. The van der Waals surface area contributed by atoms with Crippen molar-refractivity contribution >= 4 is 17.5 Å². The highest BCUT2D eigenvalue weighted by Crippen LogP contribution is 2.27. The van der Waals surface area contributed by atoms with Crippen LogP contribution >= 0.6 is 0 Å². The zero-order valence-corrected chi connectivity index (χ0v) is 13.8. The number of hydrogen-bond acceptors (Lipinski definition) is 3. The molecule has 1 atom stereocenters. The van der Waals surface area contributed by atoms with Crippen molar-refractivity contribution in [3.05, 3.63) is 30.3 Å². The molecule has 126 valence electrons. The lowest BCUT2D eigenvalue weighted by Gasteiger charge is -2.23. The Hall–Kier alpha value is -2.04. The van der Waals surface area contributed by atoms with Gasteiger partial charge in [0.1, 0.15) is 6.04 Å². The first-order chi connectivity index (χ1) is 11.2. The van der Waals surface area contributed by atoms with Crippen LogP contribution in [0.2, 0.25) is 0 Å². The fraction of sp³-hybridized carbons (Fsp3) is 0.556. The van der Waals surface area contributed by atoms with Gasteiger partial charge in [0.2, 0.25) is 11.8 Å². The number of carbonyl (C=O) groups is 2. The predicted molar refractivity (Wildman–Crippen MR) is 92.1 cm³/mol. The van der Waals surface area contributed by atoms with Crippen LogP contribution in [0.5, 0.6) is 0 Å². The first-order valence-electron chi connectivity index (χ1n) is 8.50. The van der Waals surface area contributed by atoms with Crippen molar-refractivity contribution in [2.75, 3.05) is 18.4 Å². The Morgan fingerprint density at radius 3 is 2.48 bits per heavy atom. The average Bonchev–Trinajstić information content (AvgIpc) is 3.07. The Bertz CT molecular complexity index is 498. The summed E-state index contributed by atoms with van der Waals surface area (Å²) in [6, 6.07) is 9.62. The van der Waals surface area contributed by atoms with Crippen LogP contribution in [-0.4, -0.2) is 30.9 Å². The van der Waals surface area contributed by atoms with E-state index in [9.17, 15) is 9.59 Å². The molecule has 0 spiro atoms. The van der Waals surface area contributed by atoms with E-state index in [1.54, 1.807) is 0 Å². The van der Waals surface area contributed by atoms with Crippen LogP contribution in [-0.2, 0) is 9.59 Å². The van der Waals surface area contributed by atoms with Crippen LogP contribution in [0.1, 0.15) is 39.0 Å². The molecular formula is C18H27N3O2. The topological polar surface area (TPSA) is 70.2 Å². The quantitative estimate of drug-likeness (QED) is 0.644. The Labute approximate surface area is 138 Å². The van der Waals surface area contributed by atoms with Gasteiger partial charge in [0.15, 0.2) is 0 Å². The van der Waals surface area contributed by atoms with Gasteiger partial charge in [0, 0.05) is 25.7 Å². The molecule has 23 heavy (non-hydrogen) atoms. The average molecular weight is 317 g/mol. The highest BCUT2D eigenvalue weighted by atomic mass is 16.2. The van der Waals surface area contributed by atoms with E-state index in [0.717, 1.165) is 44.3 Å². The Kier molecular flexibility index (Phi) is 6.91. The van der Waals surface area contributed by atoms with Gasteiger partial charge in [-0.2, -0.15) is 0 Å². The molecular weight excluding hydrogens is 290 g/mol. The summed E-state index contributed by atoms with van der Waals surface area (Å²) in [7, 11) is 0. The molecule has 1 aliphatic carbocycles. The number of amides is 2. The van der Waals surface area contributed by atoms with E-state index in [0.29, 0.717) is 6.54 Å². The molecule has 2 rings (SSSR count). The summed E-state index contributed by atoms with van der Waals surface area (Å²) in [4.78, 5) is 23.7. The van der Waals surface area contributed by atoms with E-state index < -0.39 is 0 Å². The van der Waals surface area contributed by atoms with Crippen molar-refractivity contribution in [2.45, 2.75) is 45.1 Å². The van der Waals surface area contributed by atoms with E-state index in [1.165, 1.54) is 6.92 Å². The lowest BCUT2D eigenvalue weighted by molar-refractivity contribution is -0.129. The molecule has 0 bridgehead atoms. The monoisotopic (exact) mass is 317 g/mol. The second-order valence-corrected chi connectivity index (χ2v) is 6.16. The Balaban J connectivity index is 1.70. The zero-order chi connectivity index (χ0) is 16.5. The van der Waals surface area contributed by atoms with Gasteiger partial charge in [-0.15, -0.1) is 0 Å². The maximum atomic E-state index is 12.4. The lowest BCUT2D eigenvalue weighted by Crippen LogP contribution is -2.50. The molecule has 1 saturated carbocycles. The van der Waals surface area contributed by atoms with E-state index in [1.807, 2.05) is 30.3 Å². The number of hydrogen-bond donors (Lipinski definition) is 3. The Morgan fingerprint density at radius 2 is 1.83 bits per heavy atom. The second-order valence-electron chi connectivity index (χ2n) is 6.16. The maximum Gasteiger partial charge on any atom is 0.242 e. The van der Waals surface area contributed by atoms with Gasteiger partial charge in [-0.25, -0.2) is 0 Å². The minimum atomic E-state index is -0.378. The summed E-state index contributed by atoms with van der Waals surface area (Å²) >= 11 is 0. The summed E-state index contributed by atoms with van der Waals surface area (Å²) in [5.41, 5.74) is 1.08. The molecule has 1 unspecified atom stereocenters. The summed E-state index contributed by atoms with van der Waals surface area (Å²) in [6.45, 7) is 2.89. The zero-order valence-electron chi connectivity index (χ0n) is 13.8. The van der Waals surface area contributed by atoms with Crippen LogP contribution < -0.4 is 16.0 Å². The molecule has 0 aromatic heterocycles. The van der Waals surface area contributed by atoms with Crippen molar-refractivity contribution in [3.8, 4) is 0 Å². The van der Waals surface area contributed by atoms with Crippen LogP contribution in [0.25, 0.3) is 0 Å². The third-order valence-electron chi connectivity index (χ3n) is 4.27. The second kappa shape index (κ2) is 9.18. The summed E-state index contributed by atoms with van der Waals surface area (Å²) in [5, 5.41) is 9.09. The molecule has 5 heteroatoms. The van der Waals surface area contributed by atoms with Gasteiger partial charge in [0.25, 0.3) is 0 Å². The normalized spacial score (nSPS) is 15.9. The molecule has 2 amide bonds. The number of para-hydroxylation sites is 1. The van der Waals surface area contributed by atoms with Crippen molar-refractivity contribution in [1.82, 2.24) is 10.6 Å². The molecule has 0 saturated heterocycles. The van der Waals surface area contributed by atoms with Crippen molar-refractivity contribution in [1.29, 1.82) is 0 Å². The molecule has 5 nitrogen and oxygen atoms in total. The van der Waals surface area contributed by atoms with E-state index in [-0.39, 0.29) is 23.8 Å². The number of carbonyl (C=O) groups excluding carboxylic acids is 2. The smallest absolute Gasteiger partial charge is 0.242 e. The van der Waals surface area contributed by atoms with Crippen LogP contribution in [0.4, 0.5) is 5.69 Å². The van der Waals surface area contributed by atoms with E-state index in [4.69, 9.17) is 0 Å². The summed E-state index contributed by atoms with van der Waals surface area (Å²) < 4.78 is 0. The molecule has 0 aliphatic heterocycles. The van der Waals surface area contributed by atoms with Crippen LogP contribution in [0, 0.1) is 5.92 Å². The molecule has 1 fully saturated rings. The van der Waals surface area contributed by atoms with Gasteiger partial charge < -0.3 is 16.0 Å². The molecule has 0 radical (unpaired) electrons. The first kappa shape index (κ1) is 17.3. The first-order valence-corrected chi connectivity index (χ1v) is 8.50. The molecule has 1 aromatic rings. The van der Waals surface area contributed by atoms with Gasteiger partial charge in [-0.05, 0) is 37.3 Å². The van der Waals surface area contributed by atoms with Gasteiger partial charge >= 0.3 is 0 Å². The standard InChI is InChI=1S/C18H27N3O2/c1-14(22)21-17(15-8-5-6-9-15)18(23)20-13-7-12-19-16-10-3-2-4-11-16/h2-4,10-11,15,17,19H,5-9,12-13H2,1H3,(H,20,23)(H,21,22). The number of anilines is 1. The van der Waals surface area contributed by atoms with Crippen molar-refractivity contribution < 1.29 is 9.59 Å². The van der Waals surface area contributed by atoms with Crippen LogP contribution in [0.15, 0.2) is 30.3 Å². The lowest BCUT2D eigenvalue weighted by atomic mass is 9.97. The minimum absolute atomic E-state index is 0.0492. The number of benzene rings is 1. The number of rotatable bonds is 8. The minimum Gasteiger partial charge on any atom is -0.385 e. The predicted octanol–water partition coefficient (Wildman–Crippen LogP) is 2.30. The van der Waals surface area contributed by atoms with Gasteiger partial charge in [0.05, 0.1) is 0 Å². The fourth-order valence-electron chi connectivity index (χ4n) is 3.11. The highest BCUT2D eigenvalue weighted by Gasteiger charge is 2.30. The van der Waals surface area contributed by atoms with Crippen molar-refractivity contribution in [2.24, 2.45) is 5.92 Å². The van der Waals surface area contributed by atoms with Gasteiger partial charge in [-0.3, -0.25) is 9.59 Å².